The van der Waals surface area contributed by atoms with E-state index in [1.807, 2.05) is 6.21 Å². The van der Waals surface area contributed by atoms with Crippen LogP contribution in [0.15, 0.2) is 52.2 Å². The number of benzene rings is 1. The quantitative estimate of drug-likeness (QED) is 0.621. The number of aryl methyl sites for hydroxylation is 1. The Balaban J connectivity index is 1.25. The SMILES string of the molecule is CC1=C(C2=CC(N3CCC(OCC(=O)NC4CC4)CC3)N=CC2Cl)N(C)c2ccccc2CC1. The van der Waals surface area contributed by atoms with Gasteiger partial charge in [-0.25, -0.2) is 0 Å². The summed E-state index contributed by atoms with van der Waals surface area (Å²) in [5, 5.41) is 2.75. The normalized spacial score (nSPS) is 26.2. The fourth-order valence-electron chi connectivity index (χ4n) is 5.28. The smallest absolute Gasteiger partial charge is 0.246 e. The molecule has 3 heterocycles. The Morgan fingerprint density at radius 3 is 2.71 bits per heavy atom. The van der Waals surface area contributed by atoms with Gasteiger partial charge in [0.05, 0.1) is 11.5 Å². The van der Waals surface area contributed by atoms with Gasteiger partial charge >= 0.3 is 0 Å². The van der Waals surface area contributed by atoms with E-state index < -0.39 is 0 Å². The van der Waals surface area contributed by atoms with Crippen LogP contribution in [-0.2, 0) is 16.0 Å². The third-order valence-corrected chi connectivity index (χ3v) is 7.72. The lowest BCUT2D eigenvalue weighted by Gasteiger charge is -2.37. The number of amides is 1. The average Bonchev–Trinajstić information content (AvgIpc) is 3.68. The summed E-state index contributed by atoms with van der Waals surface area (Å²) in [6.07, 6.45) is 10.4. The molecule has 2 unspecified atom stereocenters. The van der Waals surface area contributed by atoms with Gasteiger partial charge in [-0.2, -0.15) is 0 Å². The number of nitrogens with one attached hydrogen (secondary N) is 1. The van der Waals surface area contributed by atoms with Crippen molar-refractivity contribution in [1.29, 1.82) is 0 Å². The van der Waals surface area contributed by atoms with E-state index in [4.69, 9.17) is 21.3 Å². The van der Waals surface area contributed by atoms with E-state index in [1.54, 1.807) is 0 Å². The van der Waals surface area contributed by atoms with Crippen molar-refractivity contribution in [3.8, 4) is 0 Å². The van der Waals surface area contributed by atoms with Crippen LogP contribution in [-0.4, -0.2) is 67.5 Å². The highest BCUT2D eigenvalue weighted by molar-refractivity contribution is 6.31. The number of ether oxygens (including phenoxy) is 1. The second-order valence-electron chi connectivity index (χ2n) is 9.94. The molecule has 1 aromatic rings. The summed E-state index contributed by atoms with van der Waals surface area (Å²) in [4.78, 5) is 21.4. The number of likely N-dealkylation sites (N-methyl/N-ethyl adjacent to an activating group) is 1. The number of para-hydroxylation sites is 1. The lowest BCUT2D eigenvalue weighted by Crippen LogP contribution is -2.44. The molecule has 0 radical (unpaired) electrons. The Labute approximate surface area is 207 Å². The van der Waals surface area contributed by atoms with Gasteiger partial charge in [0.1, 0.15) is 12.8 Å². The number of hydrogen-bond donors (Lipinski definition) is 1. The minimum atomic E-state index is -0.236. The monoisotopic (exact) mass is 482 g/mol. The van der Waals surface area contributed by atoms with Crippen molar-refractivity contribution < 1.29 is 9.53 Å². The maximum absolute atomic E-state index is 11.9. The highest BCUT2D eigenvalue weighted by atomic mass is 35.5. The van der Waals surface area contributed by atoms with Crippen LogP contribution in [0.3, 0.4) is 0 Å². The van der Waals surface area contributed by atoms with Crippen LogP contribution in [0.5, 0.6) is 0 Å². The zero-order chi connectivity index (χ0) is 23.7. The molecule has 34 heavy (non-hydrogen) atoms. The number of hydrogen-bond acceptors (Lipinski definition) is 5. The minimum absolute atomic E-state index is 0.0141. The van der Waals surface area contributed by atoms with Gasteiger partial charge in [0, 0.05) is 43.8 Å². The van der Waals surface area contributed by atoms with Crippen molar-refractivity contribution in [3.63, 3.8) is 0 Å². The van der Waals surface area contributed by atoms with Crippen LogP contribution in [0.25, 0.3) is 0 Å². The van der Waals surface area contributed by atoms with E-state index in [2.05, 4.69) is 59.4 Å². The van der Waals surface area contributed by atoms with Crippen LogP contribution in [0.1, 0.15) is 44.6 Å². The number of allylic oxidation sites excluding steroid dienone is 2. The summed E-state index contributed by atoms with van der Waals surface area (Å²) < 4.78 is 5.89. The van der Waals surface area contributed by atoms with E-state index in [-0.39, 0.29) is 30.2 Å². The topological polar surface area (TPSA) is 57.2 Å². The fraction of sp³-hybridized carbons (Fsp3) is 0.556. The Morgan fingerprint density at radius 1 is 1.18 bits per heavy atom. The first-order valence-electron chi connectivity index (χ1n) is 12.6. The largest absolute Gasteiger partial charge is 0.368 e. The second kappa shape index (κ2) is 10.2. The van der Waals surface area contributed by atoms with Crippen LogP contribution >= 0.6 is 11.6 Å². The molecule has 5 rings (SSSR count). The van der Waals surface area contributed by atoms with E-state index >= 15 is 0 Å². The van der Waals surface area contributed by atoms with E-state index in [1.165, 1.54) is 22.5 Å². The Bertz CT molecular complexity index is 1010. The van der Waals surface area contributed by atoms with Crippen LogP contribution in [0.2, 0.25) is 0 Å². The summed E-state index contributed by atoms with van der Waals surface area (Å²) in [5.74, 6) is 0.0141. The van der Waals surface area contributed by atoms with Crippen molar-refractivity contribution in [1.82, 2.24) is 10.2 Å². The first-order valence-corrected chi connectivity index (χ1v) is 13.0. The molecule has 4 aliphatic rings. The number of likely N-dealkylation sites (tertiary alicyclic amines) is 1. The predicted molar refractivity (Wildman–Crippen MR) is 138 cm³/mol. The molecule has 6 nitrogen and oxygen atoms in total. The van der Waals surface area contributed by atoms with Crippen molar-refractivity contribution in [3.05, 3.63) is 52.7 Å². The molecule has 1 aromatic carbocycles. The van der Waals surface area contributed by atoms with E-state index in [9.17, 15) is 4.79 Å². The van der Waals surface area contributed by atoms with Crippen molar-refractivity contribution in [2.24, 2.45) is 4.99 Å². The second-order valence-corrected chi connectivity index (χ2v) is 10.4. The van der Waals surface area contributed by atoms with Gasteiger partial charge in [-0.3, -0.25) is 14.7 Å². The van der Waals surface area contributed by atoms with E-state index in [0.717, 1.165) is 57.2 Å². The summed E-state index contributed by atoms with van der Waals surface area (Å²) in [6, 6.07) is 9.03. The molecule has 2 fully saturated rings. The maximum atomic E-state index is 11.9. The summed E-state index contributed by atoms with van der Waals surface area (Å²) in [7, 11) is 2.15. The number of alkyl halides is 1. The van der Waals surface area contributed by atoms with Gasteiger partial charge < -0.3 is 15.0 Å². The van der Waals surface area contributed by atoms with Gasteiger partial charge in [0.2, 0.25) is 5.91 Å². The number of carbonyl (C=O) groups excluding carboxylic acids is 1. The molecule has 1 saturated carbocycles. The number of carbonyl (C=O) groups is 1. The Morgan fingerprint density at radius 2 is 1.94 bits per heavy atom. The zero-order valence-corrected chi connectivity index (χ0v) is 20.9. The minimum Gasteiger partial charge on any atom is -0.368 e. The molecular weight excluding hydrogens is 448 g/mol. The first-order chi connectivity index (χ1) is 16.5. The van der Waals surface area contributed by atoms with Gasteiger partial charge in [0.25, 0.3) is 0 Å². The zero-order valence-electron chi connectivity index (χ0n) is 20.2. The van der Waals surface area contributed by atoms with E-state index in [0.29, 0.717) is 6.04 Å². The number of anilines is 1. The molecule has 1 saturated heterocycles. The molecule has 0 aromatic heterocycles. The van der Waals surface area contributed by atoms with Crippen molar-refractivity contribution >= 4 is 29.4 Å². The highest BCUT2D eigenvalue weighted by Crippen LogP contribution is 2.37. The molecule has 0 spiro atoms. The number of dihydropyridines is 1. The standard InChI is InChI=1S/C27H35ClN4O2/c1-18-7-8-19-5-3-4-6-24(19)31(2)27(18)22-15-25(29-16-23(22)28)32-13-11-21(12-14-32)34-17-26(33)30-20-9-10-20/h3-6,15-16,20-21,23,25H,7-14,17H2,1-2H3,(H,30,33). The lowest BCUT2D eigenvalue weighted by molar-refractivity contribution is -0.129. The van der Waals surface area contributed by atoms with Gasteiger partial charge in [-0.1, -0.05) is 18.2 Å². The molecule has 1 aliphatic carbocycles. The van der Waals surface area contributed by atoms with Crippen molar-refractivity contribution in [2.75, 3.05) is 31.6 Å². The van der Waals surface area contributed by atoms with Gasteiger partial charge in [0.15, 0.2) is 0 Å². The molecule has 1 N–H and O–H groups in total. The van der Waals surface area contributed by atoms with Crippen LogP contribution < -0.4 is 10.2 Å². The third kappa shape index (κ3) is 5.24. The number of halogens is 1. The lowest BCUT2D eigenvalue weighted by atomic mass is 9.98. The molecule has 0 bridgehead atoms. The number of piperidine rings is 1. The third-order valence-electron chi connectivity index (χ3n) is 7.37. The number of aliphatic imine (C=N–C) groups is 1. The number of fused-ring (bicyclic) bond motifs is 1. The number of nitrogens with zero attached hydrogens (tertiary/aromatic N) is 3. The van der Waals surface area contributed by atoms with Gasteiger partial charge in [-0.05, 0) is 74.3 Å². The summed E-state index contributed by atoms with van der Waals surface area (Å²) >= 11 is 6.81. The summed E-state index contributed by atoms with van der Waals surface area (Å²) in [5.41, 5.74) is 6.36. The van der Waals surface area contributed by atoms with Crippen LogP contribution in [0, 0.1) is 0 Å². The van der Waals surface area contributed by atoms with Gasteiger partial charge in [-0.15, -0.1) is 11.6 Å². The van der Waals surface area contributed by atoms with Crippen molar-refractivity contribution in [2.45, 2.75) is 69.1 Å². The molecular formula is C27H35ClN4O2. The number of rotatable bonds is 6. The first kappa shape index (κ1) is 23.6. The van der Waals surface area contributed by atoms with Crippen LogP contribution in [0.4, 0.5) is 5.69 Å². The molecule has 7 heteroatoms. The molecule has 1 amide bonds. The summed E-state index contributed by atoms with van der Waals surface area (Å²) in [6.45, 7) is 4.18. The molecule has 3 aliphatic heterocycles. The average molecular weight is 483 g/mol. The predicted octanol–water partition coefficient (Wildman–Crippen LogP) is 4.05. The Hall–Kier alpha value is -2.15. The Kier molecular flexibility index (Phi) is 7.09. The maximum Gasteiger partial charge on any atom is 0.246 e. The fourth-order valence-corrected chi connectivity index (χ4v) is 5.52. The highest BCUT2D eigenvalue weighted by Gasteiger charge is 2.31. The molecule has 182 valence electrons. The molecule has 2 atom stereocenters.